The van der Waals surface area contributed by atoms with E-state index in [-0.39, 0.29) is 11.6 Å². The largest absolute Gasteiger partial charge is 0.384 e. The summed E-state index contributed by atoms with van der Waals surface area (Å²) in [4.78, 5) is 11.1. The van der Waals surface area contributed by atoms with Crippen molar-refractivity contribution in [3.63, 3.8) is 0 Å². The van der Waals surface area contributed by atoms with E-state index in [2.05, 4.69) is 5.32 Å². The summed E-state index contributed by atoms with van der Waals surface area (Å²) in [5, 5.41) is 3.10. The molecule has 1 aliphatic rings. The molecule has 0 aromatic heterocycles. The Bertz CT molecular complexity index is 381. The number of nitrogens with one attached hydrogen (secondary N) is 1. The molecule has 0 unspecified atom stereocenters. The van der Waals surface area contributed by atoms with Gasteiger partial charge in [0, 0.05) is 24.7 Å². The fraction of sp³-hybridized carbons (Fsp3) is 0.182. The molecule has 14 heavy (non-hydrogen) atoms. The maximum absolute atomic E-state index is 12.6. The maximum Gasteiger partial charge on any atom is 0.159 e. The van der Waals surface area contributed by atoms with Crippen LogP contribution in [-0.4, -0.2) is 12.3 Å². The Hall–Kier alpha value is -1.64. The molecule has 0 amide bonds. The quantitative estimate of drug-likeness (QED) is 0.732. The van der Waals surface area contributed by atoms with Gasteiger partial charge in [0.1, 0.15) is 5.82 Å². The van der Waals surface area contributed by atoms with E-state index >= 15 is 0 Å². The lowest BCUT2D eigenvalue weighted by atomic mass is 10.1. The predicted octanol–water partition coefficient (Wildman–Crippen LogP) is 1.73. The molecule has 0 saturated carbocycles. The lowest BCUT2D eigenvalue weighted by molar-refractivity contribution is -0.114. The maximum atomic E-state index is 12.6. The second kappa shape index (κ2) is 3.62. The van der Waals surface area contributed by atoms with Gasteiger partial charge in [-0.1, -0.05) is 12.1 Å². The summed E-state index contributed by atoms with van der Waals surface area (Å²) in [6.07, 6.45) is 2.10. The topological polar surface area (TPSA) is 29.1 Å². The molecule has 2 rings (SSSR count). The first-order chi connectivity index (χ1) is 6.75. The van der Waals surface area contributed by atoms with Crippen LogP contribution in [0.2, 0.25) is 0 Å². The van der Waals surface area contributed by atoms with Gasteiger partial charge in [-0.05, 0) is 17.7 Å². The van der Waals surface area contributed by atoms with Crippen molar-refractivity contribution in [2.24, 2.45) is 0 Å². The van der Waals surface area contributed by atoms with E-state index in [1.807, 2.05) is 0 Å². The van der Waals surface area contributed by atoms with Crippen molar-refractivity contribution < 1.29 is 9.18 Å². The number of carbonyl (C=O) groups is 1. The van der Waals surface area contributed by atoms with E-state index in [9.17, 15) is 9.18 Å². The number of hydrogen-bond acceptors (Lipinski definition) is 2. The zero-order valence-electron chi connectivity index (χ0n) is 7.59. The molecule has 1 aromatic rings. The van der Waals surface area contributed by atoms with Crippen LogP contribution in [0.15, 0.2) is 30.3 Å². The molecular weight excluding hydrogens is 181 g/mol. The third-order valence-electron chi connectivity index (χ3n) is 2.15. The fourth-order valence-corrected chi connectivity index (χ4v) is 1.42. The molecule has 0 saturated heterocycles. The highest BCUT2D eigenvalue weighted by molar-refractivity contribution is 5.98. The smallest absolute Gasteiger partial charge is 0.159 e. The molecular formula is C11H10FNO. The van der Waals surface area contributed by atoms with Crippen molar-refractivity contribution in [1.82, 2.24) is 5.32 Å². The second-order valence-electron chi connectivity index (χ2n) is 3.21. The Labute approximate surface area is 81.4 Å². The highest BCUT2D eigenvalue weighted by atomic mass is 19.1. The number of allylic oxidation sites excluding steroid dienone is 1. The number of halogens is 1. The summed E-state index contributed by atoms with van der Waals surface area (Å²) in [6.45, 7) is 0.655. The van der Waals surface area contributed by atoms with Crippen LogP contribution >= 0.6 is 0 Å². The molecule has 0 fully saturated rings. The summed E-state index contributed by atoms with van der Waals surface area (Å²) in [5.41, 5.74) is 1.63. The highest BCUT2D eigenvalue weighted by Gasteiger charge is 2.10. The third kappa shape index (κ3) is 1.82. The molecule has 0 aliphatic carbocycles. The first kappa shape index (κ1) is 8.94. The molecule has 0 radical (unpaired) electrons. The van der Waals surface area contributed by atoms with Crippen LogP contribution in [0, 0.1) is 5.82 Å². The first-order valence-corrected chi connectivity index (χ1v) is 4.50. The number of ketones is 1. The van der Waals surface area contributed by atoms with E-state index < -0.39 is 0 Å². The number of rotatable bonds is 1. The van der Waals surface area contributed by atoms with Gasteiger partial charge >= 0.3 is 0 Å². The van der Waals surface area contributed by atoms with Gasteiger partial charge in [0.25, 0.3) is 0 Å². The Balaban J connectivity index is 2.30. The summed E-state index contributed by atoms with van der Waals surface area (Å²) in [5.74, 6) is -0.153. The number of carbonyl (C=O) groups excluding carboxylic acids is 1. The Morgan fingerprint density at radius 3 is 2.57 bits per heavy atom. The zero-order chi connectivity index (χ0) is 9.97. The molecule has 0 bridgehead atoms. The van der Waals surface area contributed by atoms with E-state index in [4.69, 9.17) is 0 Å². The van der Waals surface area contributed by atoms with Crippen LogP contribution in [-0.2, 0) is 4.79 Å². The second-order valence-corrected chi connectivity index (χ2v) is 3.21. The summed E-state index contributed by atoms with van der Waals surface area (Å²) >= 11 is 0. The van der Waals surface area contributed by atoms with Gasteiger partial charge in [-0.15, -0.1) is 0 Å². The van der Waals surface area contributed by atoms with Gasteiger partial charge in [-0.3, -0.25) is 4.79 Å². The Morgan fingerprint density at radius 2 is 1.93 bits per heavy atom. The van der Waals surface area contributed by atoms with Gasteiger partial charge in [-0.25, -0.2) is 4.39 Å². The van der Waals surface area contributed by atoms with E-state index in [1.54, 1.807) is 18.2 Å². The predicted molar refractivity (Wildman–Crippen MR) is 52.0 cm³/mol. The minimum absolute atomic E-state index is 0.114. The standard InChI is InChI=1S/C11H10FNO/c12-9-3-1-8(2-4-9)11-7-10(14)5-6-13-11/h1-4,7,13H,5-6H2. The lowest BCUT2D eigenvalue weighted by Gasteiger charge is -2.14. The van der Waals surface area contributed by atoms with Crippen LogP contribution in [0.25, 0.3) is 5.70 Å². The van der Waals surface area contributed by atoms with Crippen LogP contribution in [0.4, 0.5) is 4.39 Å². The molecule has 0 spiro atoms. The van der Waals surface area contributed by atoms with Crippen LogP contribution in [0.5, 0.6) is 0 Å². The molecule has 3 heteroatoms. The highest BCUT2D eigenvalue weighted by Crippen LogP contribution is 2.15. The number of hydrogen-bond donors (Lipinski definition) is 1. The van der Waals surface area contributed by atoms with Gasteiger partial charge in [0.2, 0.25) is 0 Å². The number of benzene rings is 1. The minimum Gasteiger partial charge on any atom is -0.384 e. The molecule has 0 atom stereocenters. The van der Waals surface area contributed by atoms with E-state index in [0.29, 0.717) is 13.0 Å². The van der Waals surface area contributed by atoms with Crippen molar-refractivity contribution in [3.8, 4) is 0 Å². The molecule has 72 valence electrons. The van der Waals surface area contributed by atoms with Gasteiger partial charge in [-0.2, -0.15) is 0 Å². The zero-order valence-corrected chi connectivity index (χ0v) is 7.59. The van der Waals surface area contributed by atoms with Crippen LogP contribution in [0.1, 0.15) is 12.0 Å². The summed E-state index contributed by atoms with van der Waals surface area (Å²) in [6, 6.07) is 6.09. The Morgan fingerprint density at radius 1 is 1.21 bits per heavy atom. The summed E-state index contributed by atoms with van der Waals surface area (Å²) < 4.78 is 12.6. The SMILES string of the molecule is O=C1C=C(c2ccc(F)cc2)NCC1. The fourth-order valence-electron chi connectivity index (χ4n) is 1.42. The first-order valence-electron chi connectivity index (χ1n) is 4.50. The molecule has 1 aromatic carbocycles. The van der Waals surface area contributed by atoms with Crippen molar-refractivity contribution in [1.29, 1.82) is 0 Å². The van der Waals surface area contributed by atoms with Crippen LogP contribution < -0.4 is 5.32 Å². The average molecular weight is 191 g/mol. The minimum atomic E-state index is -0.267. The van der Waals surface area contributed by atoms with Crippen molar-refractivity contribution in [3.05, 3.63) is 41.7 Å². The molecule has 1 heterocycles. The van der Waals surface area contributed by atoms with Gasteiger partial charge < -0.3 is 5.32 Å². The van der Waals surface area contributed by atoms with Crippen LogP contribution in [0.3, 0.4) is 0 Å². The Kier molecular flexibility index (Phi) is 2.31. The van der Waals surface area contributed by atoms with Crippen molar-refractivity contribution >= 4 is 11.5 Å². The lowest BCUT2D eigenvalue weighted by Crippen LogP contribution is -2.22. The molecule has 1 aliphatic heterocycles. The van der Waals surface area contributed by atoms with E-state index in [1.165, 1.54) is 12.1 Å². The van der Waals surface area contributed by atoms with Crippen molar-refractivity contribution in [2.75, 3.05) is 6.54 Å². The molecule has 2 nitrogen and oxygen atoms in total. The monoisotopic (exact) mass is 191 g/mol. The van der Waals surface area contributed by atoms with Crippen molar-refractivity contribution in [2.45, 2.75) is 6.42 Å². The third-order valence-corrected chi connectivity index (χ3v) is 2.15. The molecule has 1 N–H and O–H groups in total. The average Bonchev–Trinajstić information content (AvgIpc) is 2.19. The van der Waals surface area contributed by atoms with Gasteiger partial charge in [0.15, 0.2) is 5.78 Å². The normalized spacial score (nSPS) is 16.1. The van der Waals surface area contributed by atoms with E-state index in [0.717, 1.165) is 11.3 Å². The summed E-state index contributed by atoms with van der Waals surface area (Å²) in [7, 11) is 0. The van der Waals surface area contributed by atoms with Gasteiger partial charge in [0.05, 0.1) is 0 Å².